The molecule has 1 N–H and O–H groups in total. The lowest BCUT2D eigenvalue weighted by Gasteiger charge is -2.25. The lowest BCUT2D eigenvalue weighted by Crippen LogP contribution is -2.40. The Balaban J connectivity index is 1.59. The van der Waals surface area contributed by atoms with Crippen molar-refractivity contribution in [3.63, 3.8) is 0 Å². The molecule has 1 amide bonds. The number of hydrogen-bond acceptors (Lipinski definition) is 4. The second-order valence-electron chi connectivity index (χ2n) is 9.52. The SMILES string of the molecule is Cc1ccc(S(=O)(=O)N(CC(=O)N/N=C\c2cc(C)n(-c3ccccc3Cl)c2C)c2cc(C)ccc2C)cc1. The van der Waals surface area contributed by atoms with Gasteiger partial charge in [-0.3, -0.25) is 9.10 Å². The molecular formula is C30H31ClN4O3S. The first-order chi connectivity index (χ1) is 18.5. The zero-order valence-electron chi connectivity index (χ0n) is 22.6. The Bertz CT molecular complexity index is 1660. The van der Waals surface area contributed by atoms with Gasteiger partial charge < -0.3 is 4.57 Å². The molecule has 4 aromatic rings. The van der Waals surface area contributed by atoms with E-state index in [0.29, 0.717) is 10.7 Å². The third-order valence-electron chi connectivity index (χ3n) is 6.49. The van der Waals surface area contributed by atoms with Crippen molar-refractivity contribution in [1.82, 2.24) is 9.99 Å². The number of carbonyl (C=O) groups excluding carboxylic acids is 1. The predicted molar refractivity (Wildman–Crippen MR) is 158 cm³/mol. The Kier molecular flexibility index (Phi) is 8.28. The summed E-state index contributed by atoms with van der Waals surface area (Å²) < 4.78 is 30.5. The third kappa shape index (κ3) is 6.08. The van der Waals surface area contributed by atoms with Gasteiger partial charge in [-0.15, -0.1) is 0 Å². The van der Waals surface area contributed by atoms with E-state index in [9.17, 15) is 13.2 Å². The van der Waals surface area contributed by atoms with E-state index >= 15 is 0 Å². The molecule has 0 saturated carbocycles. The maximum absolute atomic E-state index is 13.7. The van der Waals surface area contributed by atoms with E-state index < -0.39 is 22.5 Å². The number of nitrogens with one attached hydrogen (secondary N) is 1. The number of aromatic nitrogens is 1. The number of carbonyl (C=O) groups is 1. The predicted octanol–water partition coefficient (Wildman–Crippen LogP) is 6.02. The van der Waals surface area contributed by atoms with Crippen LogP contribution in [-0.4, -0.2) is 31.7 Å². The standard InChI is InChI=1S/C30H31ClN4O3S/c1-20-11-14-26(15-12-20)39(37,38)34(29-16-21(2)10-13-22(29)3)19-30(36)33-32-18-25-17-23(4)35(24(25)5)28-9-7-6-8-27(28)31/h6-18H,19H2,1-5H3,(H,33,36)/b32-18-. The molecule has 0 atom stereocenters. The number of benzene rings is 3. The van der Waals surface area contributed by atoms with Crippen molar-refractivity contribution < 1.29 is 13.2 Å². The van der Waals surface area contributed by atoms with Crippen molar-refractivity contribution in [3.05, 3.63) is 111 Å². The molecule has 0 spiro atoms. The van der Waals surface area contributed by atoms with Gasteiger partial charge in [0, 0.05) is 17.0 Å². The second kappa shape index (κ2) is 11.5. The van der Waals surface area contributed by atoms with Crippen LogP contribution in [0.5, 0.6) is 0 Å². The van der Waals surface area contributed by atoms with Gasteiger partial charge in [0.15, 0.2) is 0 Å². The fraction of sp³-hybridized carbons (Fsp3) is 0.200. The Morgan fingerprint density at radius 2 is 1.62 bits per heavy atom. The van der Waals surface area contributed by atoms with Crippen molar-refractivity contribution in [3.8, 4) is 5.69 Å². The minimum absolute atomic E-state index is 0.109. The number of hydrazone groups is 1. The van der Waals surface area contributed by atoms with Gasteiger partial charge >= 0.3 is 0 Å². The monoisotopic (exact) mass is 562 g/mol. The van der Waals surface area contributed by atoms with Gasteiger partial charge in [0.1, 0.15) is 6.54 Å². The molecular weight excluding hydrogens is 532 g/mol. The number of anilines is 1. The lowest BCUT2D eigenvalue weighted by molar-refractivity contribution is -0.119. The first kappa shape index (κ1) is 28.1. The molecule has 0 saturated heterocycles. The normalized spacial score (nSPS) is 11.6. The van der Waals surface area contributed by atoms with Crippen LogP contribution in [0.15, 0.2) is 82.8 Å². The smallest absolute Gasteiger partial charge is 0.264 e. The van der Waals surface area contributed by atoms with Gasteiger partial charge in [0.25, 0.3) is 15.9 Å². The van der Waals surface area contributed by atoms with Gasteiger partial charge in [-0.05, 0) is 82.1 Å². The van der Waals surface area contributed by atoms with E-state index in [0.717, 1.165) is 43.6 Å². The fourth-order valence-corrected chi connectivity index (χ4v) is 6.08. The number of hydrogen-bond donors (Lipinski definition) is 1. The van der Waals surface area contributed by atoms with Gasteiger partial charge in [-0.1, -0.05) is 53.6 Å². The summed E-state index contributed by atoms with van der Waals surface area (Å²) >= 11 is 6.40. The Morgan fingerprint density at radius 1 is 0.949 bits per heavy atom. The van der Waals surface area contributed by atoms with E-state index in [1.165, 1.54) is 0 Å². The zero-order valence-corrected chi connectivity index (χ0v) is 24.1. The van der Waals surface area contributed by atoms with E-state index in [1.807, 2.05) is 81.7 Å². The van der Waals surface area contributed by atoms with Crippen LogP contribution in [0.4, 0.5) is 5.69 Å². The molecule has 202 valence electrons. The summed E-state index contributed by atoms with van der Waals surface area (Å²) in [6.45, 7) is 9.05. The number of nitrogens with zero attached hydrogens (tertiary/aromatic N) is 3. The summed E-state index contributed by atoms with van der Waals surface area (Å²) in [5, 5.41) is 4.76. The number of amides is 1. The number of aryl methyl sites for hydroxylation is 4. The van der Waals surface area contributed by atoms with Crippen LogP contribution < -0.4 is 9.73 Å². The fourth-order valence-electron chi connectivity index (χ4n) is 4.39. The van der Waals surface area contributed by atoms with Crippen molar-refractivity contribution in [1.29, 1.82) is 0 Å². The van der Waals surface area contributed by atoms with Crippen LogP contribution in [0.2, 0.25) is 5.02 Å². The van der Waals surface area contributed by atoms with Gasteiger partial charge in [0.2, 0.25) is 0 Å². The summed E-state index contributed by atoms with van der Waals surface area (Å²) in [6, 6.07) is 21.6. The Labute approximate surface area is 234 Å². The summed E-state index contributed by atoms with van der Waals surface area (Å²) in [6.07, 6.45) is 1.55. The molecule has 1 aromatic heterocycles. The number of sulfonamides is 1. The van der Waals surface area contributed by atoms with E-state index in [2.05, 4.69) is 10.5 Å². The molecule has 0 radical (unpaired) electrons. The molecule has 39 heavy (non-hydrogen) atoms. The van der Waals surface area contributed by atoms with Gasteiger partial charge in [-0.2, -0.15) is 5.10 Å². The van der Waals surface area contributed by atoms with Gasteiger partial charge in [0.05, 0.1) is 27.5 Å². The molecule has 0 aliphatic rings. The molecule has 0 fully saturated rings. The summed E-state index contributed by atoms with van der Waals surface area (Å²) in [5.74, 6) is -0.567. The van der Waals surface area contributed by atoms with E-state index in [4.69, 9.17) is 11.6 Å². The van der Waals surface area contributed by atoms with Crippen LogP contribution in [0.1, 0.15) is 33.6 Å². The van der Waals surface area contributed by atoms with Crippen LogP contribution in [0.25, 0.3) is 5.69 Å². The molecule has 9 heteroatoms. The summed E-state index contributed by atoms with van der Waals surface area (Å²) in [4.78, 5) is 13.1. The second-order valence-corrected chi connectivity index (χ2v) is 11.8. The molecule has 0 unspecified atom stereocenters. The van der Waals surface area contributed by atoms with Crippen LogP contribution in [0.3, 0.4) is 0 Å². The largest absolute Gasteiger partial charge is 0.316 e. The Morgan fingerprint density at radius 3 is 2.31 bits per heavy atom. The van der Waals surface area contributed by atoms with Crippen LogP contribution in [0, 0.1) is 34.6 Å². The van der Waals surface area contributed by atoms with Crippen molar-refractivity contribution in [2.75, 3.05) is 10.8 Å². The third-order valence-corrected chi connectivity index (χ3v) is 8.58. The molecule has 0 bridgehead atoms. The molecule has 1 heterocycles. The van der Waals surface area contributed by atoms with Crippen molar-refractivity contribution >= 4 is 39.4 Å². The van der Waals surface area contributed by atoms with Crippen LogP contribution >= 0.6 is 11.6 Å². The molecule has 0 aliphatic carbocycles. The molecule has 4 rings (SSSR count). The summed E-state index contributed by atoms with van der Waals surface area (Å²) in [7, 11) is -4.02. The topological polar surface area (TPSA) is 83.8 Å². The van der Waals surface area contributed by atoms with Crippen LogP contribution in [-0.2, 0) is 14.8 Å². The molecule has 0 aliphatic heterocycles. The summed E-state index contributed by atoms with van der Waals surface area (Å²) in [5.41, 5.74) is 9.00. The van der Waals surface area contributed by atoms with E-state index in [-0.39, 0.29) is 4.90 Å². The number of rotatable bonds is 8. The van der Waals surface area contributed by atoms with E-state index in [1.54, 1.807) is 36.5 Å². The lowest BCUT2D eigenvalue weighted by atomic mass is 10.1. The first-order valence-electron chi connectivity index (χ1n) is 12.4. The van der Waals surface area contributed by atoms with Crippen molar-refractivity contribution in [2.45, 2.75) is 39.5 Å². The highest BCUT2D eigenvalue weighted by molar-refractivity contribution is 7.92. The maximum Gasteiger partial charge on any atom is 0.264 e. The maximum atomic E-state index is 13.7. The average Bonchev–Trinajstić information content (AvgIpc) is 3.17. The highest BCUT2D eigenvalue weighted by Crippen LogP contribution is 2.28. The van der Waals surface area contributed by atoms with Gasteiger partial charge in [-0.25, -0.2) is 13.8 Å². The minimum Gasteiger partial charge on any atom is -0.316 e. The molecule has 7 nitrogen and oxygen atoms in total. The highest BCUT2D eigenvalue weighted by Gasteiger charge is 2.28. The number of para-hydroxylation sites is 1. The number of halogens is 1. The quantitative estimate of drug-likeness (QED) is 0.210. The van der Waals surface area contributed by atoms with Crippen molar-refractivity contribution in [2.24, 2.45) is 5.10 Å². The molecule has 3 aromatic carbocycles. The first-order valence-corrected chi connectivity index (χ1v) is 14.2. The zero-order chi connectivity index (χ0) is 28.3. The Hall–Kier alpha value is -3.88. The highest BCUT2D eigenvalue weighted by atomic mass is 35.5. The average molecular weight is 563 g/mol. The minimum atomic E-state index is -4.02.